The molecule has 0 fully saturated rings. The van der Waals surface area contributed by atoms with Gasteiger partial charge in [-0.2, -0.15) is 0 Å². The molecule has 0 aliphatic carbocycles. The minimum atomic E-state index is -0.241. The second kappa shape index (κ2) is 6.10. The molecule has 1 rings (SSSR count). The summed E-state index contributed by atoms with van der Waals surface area (Å²) in [5.41, 5.74) is 5.62. The summed E-state index contributed by atoms with van der Waals surface area (Å²) in [6.07, 6.45) is 0.729. The Morgan fingerprint density at radius 2 is 2.24 bits per heavy atom. The first kappa shape index (κ1) is 13.3. The molecule has 1 aromatic carbocycles. The maximum atomic E-state index is 12.0. The number of methoxy groups -OCH3 is 1. The van der Waals surface area contributed by atoms with Gasteiger partial charge in [-0.1, -0.05) is 6.07 Å². The van der Waals surface area contributed by atoms with Crippen LogP contribution in [0.4, 0.5) is 0 Å². The average molecular weight is 238 g/mol. The number of amides is 1. The van der Waals surface area contributed by atoms with Crippen molar-refractivity contribution in [3.05, 3.63) is 23.8 Å². The molecule has 17 heavy (non-hydrogen) atoms. The SMILES string of the molecule is COc1cccc(C(=O)N(C)CCCN)c1O. The Kier molecular flexibility index (Phi) is 4.78. The summed E-state index contributed by atoms with van der Waals surface area (Å²) in [4.78, 5) is 13.5. The summed E-state index contributed by atoms with van der Waals surface area (Å²) in [5, 5.41) is 9.84. The van der Waals surface area contributed by atoms with Crippen LogP contribution in [-0.4, -0.2) is 43.2 Å². The lowest BCUT2D eigenvalue weighted by atomic mass is 10.1. The molecule has 0 radical (unpaired) electrons. The predicted molar refractivity (Wildman–Crippen MR) is 65.3 cm³/mol. The summed E-state index contributed by atoms with van der Waals surface area (Å²) >= 11 is 0. The van der Waals surface area contributed by atoms with Crippen molar-refractivity contribution in [3.8, 4) is 11.5 Å². The van der Waals surface area contributed by atoms with E-state index < -0.39 is 0 Å². The first-order chi connectivity index (χ1) is 8.11. The fourth-order valence-corrected chi connectivity index (χ4v) is 1.50. The lowest BCUT2D eigenvalue weighted by molar-refractivity contribution is 0.0791. The number of phenols is 1. The van der Waals surface area contributed by atoms with Crippen molar-refractivity contribution >= 4 is 5.91 Å². The van der Waals surface area contributed by atoms with Crippen LogP contribution in [0.5, 0.6) is 11.5 Å². The van der Waals surface area contributed by atoms with E-state index >= 15 is 0 Å². The summed E-state index contributed by atoms with van der Waals surface area (Å²) in [5.74, 6) is -0.0717. The quantitative estimate of drug-likeness (QED) is 0.796. The van der Waals surface area contributed by atoms with Crippen LogP contribution < -0.4 is 10.5 Å². The van der Waals surface area contributed by atoms with Gasteiger partial charge in [-0.15, -0.1) is 0 Å². The van der Waals surface area contributed by atoms with Crippen LogP contribution in [0.2, 0.25) is 0 Å². The summed E-state index contributed by atoms with van der Waals surface area (Å²) in [7, 11) is 3.12. The fraction of sp³-hybridized carbons (Fsp3) is 0.417. The molecule has 0 spiro atoms. The van der Waals surface area contributed by atoms with Crippen LogP contribution in [0.3, 0.4) is 0 Å². The topological polar surface area (TPSA) is 75.8 Å². The molecular weight excluding hydrogens is 220 g/mol. The number of phenolic OH excluding ortho intramolecular Hbond substituents is 1. The number of hydrogen-bond acceptors (Lipinski definition) is 4. The van der Waals surface area contributed by atoms with Gasteiger partial charge in [0, 0.05) is 13.6 Å². The molecule has 0 aromatic heterocycles. The van der Waals surface area contributed by atoms with Crippen LogP contribution in [0.25, 0.3) is 0 Å². The minimum Gasteiger partial charge on any atom is -0.504 e. The molecule has 0 bridgehead atoms. The molecule has 0 saturated heterocycles. The van der Waals surface area contributed by atoms with Crippen molar-refractivity contribution in [3.63, 3.8) is 0 Å². The lowest BCUT2D eigenvalue weighted by Gasteiger charge is -2.17. The van der Waals surface area contributed by atoms with E-state index in [9.17, 15) is 9.90 Å². The summed E-state index contributed by atoms with van der Waals surface area (Å²) in [6, 6.07) is 4.84. The summed E-state index contributed by atoms with van der Waals surface area (Å²) in [6.45, 7) is 1.09. The second-order valence-corrected chi connectivity index (χ2v) is 3.73. The van der Waals surface area contributed by atoms with Gasteiger partial charge in [-0.25, -0.2) is 0 Å². The minimum absolute atomic E-state index is 0.125. The average Bonchev–Trinajstić information content (AvgIpc) is 2.35. The normalized spacial score (nSPS) is 10.1. The number of nitrogens with zero attached hydrogens (tertiary/aromatic N) is 1. The molecule has 0 aliphatic rings. The molecule has 94 valence electrons. The number of para-hydroxylation sites is 1. The van der Waals surface area contributed by atoms with E-state index in [4.69, 9.17) is 10.5 Å². The highest BCUT2D eigenvalue weighted by Gasteiger charge is 2.17. The zero-order valence-corrected chi connectivity index (χ0v) is 10.1. The van der Waals surface area contributed by atoms with Crippen molar-refractivity contribution < 1.29 is 14.6 Å². The van der Waals surface area contributed by atoms with Crippen LogP contribution in [-0.2, 0) is 0 Å². The summed E-state index contributed by atoms with van der Waals surface area (Å²) < 4.78 is 4.96. The smallest absolute Gasteiger partial charge is 0.257 e. The van der Waals surface area contributed by atoms with Crippen LogP contribution in [0.1, 0.15) is 16.8 Å². The number of hydrogen-bond donors (Lipinski definition) is 2. The molecule has 0 aliphatic heterocycles. The van der Waals surface area contributed by atoms with E-state index in [0.717, 1.165) is 6.42 Å². The Bertz CT molecular complexity index is 393. The number of rotatable bonds is 5. The molecule has 0 unspecified atom stereocenters. The zero-order chi connectivity index (χ0) is 12.8. The first-order valence-corrected chi connectivity index (χ1v) is 5.43. The Morgan fingerprint density at radius 1 is 1.53 bits per heavy atom. The number of ether oxygens (including phenoxy) is 1. The molecule has 1 amide bonds. The van der Waals surface area contributed by atoms with E-state index in [1.54, 1.807) is 25.2 Å². The van der Waals surface area contributed by atoms with Gasteiger partial charge in [0.05, 0.1) is 12.7 Å². The number of nitrogens with two attached hydrogens (primary N) is 1. The predicted octanol–water partition coefficient (Wildman–Crippen LogP) is 0.822. The second-order valence-electron chi connectivity index (χ2n) is 3.73. The van der Waals surface area contributed by atoms with Crippen molar-refractivity contribution in [1.82, 2.24) is 4.90 Å². The van der Waals surface area contributed by atoms with Crippen LogP contribution >= 0.6 is 0 Å². The molecule has 5 heteroatoms. The first-order valence-electron chi connectivity index (χ1n) is 5.43. The number of aromatic hydroxyl groups is 1. The molecular formula is C12H18N2O3. The fourth-order valence-electron chi connectivity index (χ4n) is 1.50. The van der Waals surface area contributed by atoms with E-state index in [1.807, 2.05) is 0 Å². The van der Waals surface area contributed by atoms with Gasteiger partial charge in [0.15, 0.2) is 11.5 Å². The molecule has 1 aromatic rings. The van der Waals surface area contributed by atoms with E-state index in [-0.39, 0.29) is 17.2 Å². The van der Waals surface area contributed by atoms with Gasteiger partial charge in [-0.05, 0) is 25.1 Å². The van der Waals surface area contributed by atoms with Gasteiger partial charge in [0.2, 0.25) is 0 Å². The van der Waals surface area contributed by atoms with Crippen molar-refractivity contribution in [2.45, 2.75) is 6.42 Å². The van der Waals surface area contributed by atoms with Gasteiger partial charge in [-0.3, -0.25) is 4.79 Å². The number of benzene rings is 1. The molecule has 0 atom stereocenters. The highest BCUT2D eigenvalue weighted by atomic mass is 16.5. The zero-order valence-electron chi connectivity index (χ0n) is 10.1. The third-order valence-electron chi connectivity index (χ3n) is 2.49. The van der Waals surface area contributed by atoms with Gasteiger partial charge >= 0.3 is 0 Å². The molecule has 0 heterocycles. The highest BCUT2D eigenvalue weighted by molar-refractivity contribution is 5.97. The maximum absolute atomic E-state index is 12.0. The Morgan fingerprint density at radius 3 is 2.82 bits per heavy atom. The Hall–Kier alpha value is -1.75. The van der Waals surface area contributed by atoms with Gasteiger partial charge in [0.25, 0.3) is 5.91 Å². The van der Waals surface area contributed by atoms with E-state index in [2.05, 4.69) is 0 Å². The standard InChI is InChI=1S/C12H18N2O3/c1-14(8-4-7-13)12(16)9-5-3-6-10(17-2)11(9)15/h3,5-6,15H,4,7-8,13H2,1-2H3. The van der Waals surface area contributed by atoms with E-state index in [0.29, 0.717) is 18.8 Å². The highest BCUT2D eigenvalue weighted by Crippen LogP contribution is 2.29. The number of carbonyl (C=O) groups is 1. The Labute approximate surface area is 101 Å². The maximum Gasteiger partial charge on any atom is 0.257 e. The van der Waals surface area contributed by atoms with Crippen LogP contribution in [0, 0.1) is 0 Å². The lowest BCUT2D eigenvalue weighted by Crippen LogP contribution is -2.29. The number of carbonyl (C=O) groups excluding carboxylic acids is 1. The Balaban J connectivity index is 2.88. The van der Waals surface area contributed by atoms with Gasteiger partial charge in [0.1, 0.15) is 0 Å². The van der Waals surface area contributed by atoms with Crippen molar-refractivity contribution in [1.29, 1.82) is 0 Å². The third kappa shape index (κ3) is 3.10. The van der Waals surface area contributed by atoms with Crippen molar-refractivity contribution in [2.75, 3.05) is 27.2 Å². The monoisotopic (exact) mass is 238 g/mol. The van der Waals surface area contributed by atoms with Crippen molar-refractivity contribution in [2.24, 2.45) is 5.73 Å². The molecule has 3 N–H and O–H groups in total. The molecule has 0 saturated carbocycles. The van der Waals surface area contributed by atoms with Crippen LogP contribution in [0.15, 0.2) is 18.2 Å². The third-order valence-corrected chi connectivity index (χ3v) is 2.49. The largest absolute Gasteiger partial charge is 0.504 e. The van der Waals surface area contributed by atoms with E-state index in [1.165, 1.54) is 12.0 Å². The molecule has 5 nitrogen and oxygen atoms in total. The van der Waals surface area contributed by atoms with Gasteiger partial charge < -0.3 is 20.5 Å².